The molecule has 2 aromatic rings. The maximum Gasteiger partial charge on any atom is 0.321 e. The van der Waals surface area contributed by atoms with Gasteiger partial charge in [0.1, 0.15) is 5.76 Å². The van der Waals surface area contributed by atoms with Crippen LogP contribution in [0.5, 0.6) is 0 Å². The zero-order valence-electron chi connectivity index (χ0n) is 10.1. The monoisotopic (exact) mass is 245 g/mol. The Morgan fingerprint density at radius 3 is 2.89 bits per heavy atom. The number of nitrogen functional groups attached to an aromatic ring is 1. The van der Waals surface area contributed by atoms with Crippen LogP contribution in [-0.2, 0) is 6.54 Å². The van der Waals surface area contributed by atoms with Crippen molar-refractivity contribution >= 4 is 17.4 Å². The lowest BCUT2D eigenvalue weighted by atomic mass is 10.3. The molecule has 2 rings (SSSR count). The van der Waals surface area contributed by atoms with Crippen LogP contribution in [0.2, 0.25) is 0 Å². The molecule has 0 saturated heterocycles. The van der Waals surface area contributed by atoms with E-state index in [1.807, 2.05) is 6.07 Å². The van der Waals surface area contributed by atoms with E-state index >= 15 is 0 Å². The second kappa shape index (κ2) is 5.27. The predicted molar refractivity (Wildman–Crippen MR) is 70.0 cm³/mol. The summed E-state index contributed by atoms with van der Waals surface area (Å²) >= 11 is 0. The molecular formula is C13H15N3O2. The molecule has 0 unspecified atom stereocenters. The lowest BCUT2D eigenvalue weighted by Crippen LogP contribution is -2.30. The van der Waals surface area contributed by atoms with Gasteiger partial charge in [-0.2, -0.15) is 0 Å². The average molecular weight is 245 g/mol. The molecule has 0 atom stereocenters. The Morgan fingerprint density at radius 1 is 1.39 bits per heavy atom. The molecule has 0 aliphatic rings. The SMILES string of the molecule is CN(Cc1ccco1)C(=O)Nc1cccc(N)c1. The highest BCUT2D eigenvalue weighted by atomic mass is 16.3. The standard InChI is InChI=1S/C13H15N3O2/c1-16(9-12-6-3-7-18-12)13(17)15-11-5-2-4-10(14)8-11/h2-8H,9,14H2,1H3,(H,15,17). The van der Waals surface area contributed by atoms with E-state index in [1.165, 1.54) is 4.90 Å². The van der Waals surface area contributed by atoms with Gasteiger partial charge < -0.3 is 20.4 Å². The molecule has 1 aromatic carbocycles. The van der Waals surface area contributed by atoms with E-state index < -0.39 is 0 Å². The minimum Gasteiger partial charge on any atom is -0.467 e. The molecule has 0 spiro atoms. The largest absolute Gasteiger partial charge is 0.467 e. The highest BCUT2D eigenvalue weighted by Gasteiger charge is 2.10. The maximum atomic E-state index is 11.9. The fourth-order valence-electron chi connectivity index (χ4n) is 1.54. The van der Waals surface area contributed by atoms with E-state index in [2.05, 4.69) is 5.32 Å². The van der Waals surface area contributed by atoms with Gasteiger partial charge in [-0.05, 0) is 30.3 Å². The van der Waals surface area contributed by atoms with Gasteiger partial charge in [-0.15, -0.1) is 0 Å². The Labute approximate surface area is 105 Å². The van der Waals surface area contributed by atoms with Crippen molar-refractivity contribution < 1.29 is 9.21 Å². The smallest absolute Gasteiger partial charge is 0.321 e. The third-order valence-corrected chi connectivity index (χ3v) is 2.46. The third-order valence-electron chi connectivity index (χ3n) is 2.46. The number of nitrogens with one attached hydrogen (secondary N) is 1. The zero-order chi connectivity index (χ0) is 13.0. The van der Waals surface area contributed by atoms with Crippen molar-refractivity contribution in [1.82, 2.24) is 4.90 Å². The zero-order valence-corrected chi connectivity index (χ0v) is 10.1. The number of urea groups is 1. The number of furan rings is 1. The van der Waals surface area contributed by atoms with E-state index in [-0.39, 0.29) is 6.03 Å². The van der Waals surface area contributed by atoms with Gasteiger partial charge in [-0.25, -0.2) is 4.79 Å². The average Bonchev–Trinajstić information content (AvgIpc) is 2.81. The first-order valence-corrected chi connectivity index (χ1v) is 5.55. The van der Waals surface area contributed by atoms with Gasteiger partial charge in [-0.1, -0.05) is 6.07 Å². The van der Waals surface area contributed by atoms with Gasteiger partial charge in [0.05, 0.1) is 12.8 Å². The van der Waals surface area contributed by atoms with Crippen LogP contribution >= 0.6 is 0 Å². The lowest BCUT2D eigenvalue weighted by Gasteiger charge is -2.16. The summed E-state index contributed by atoms with van der Waals surface area (Å²) < 4.78 is 5.18. The molecule has 0 radical (unpaired) electrons. The highest BCUT2D eigenvalue weighted by Crippen LogP contribution is 2.13. The van der Waals surface area contributed by atoms with E-state index in [0.717, 1.165) is 5.76 Å². The molecule has 0 fully saturated rings. The number of carbonyl (C=O) groups is 1. The van der Waals surface area contributed by atoms with E-state index in [0.29, 0.717) is 17.9 Å². The molecule has 0 saturated carbocycles. The van der Waals surface area contributed by atoms with Crippen LogP contribution in [0, 0.1) is 0 Å². The number of carbonyl (C=O) groups excluding carboxylic acids is 1. The minimum atomic E-state index is -0.211. The summed E-state index contributed by atoms with van der Waals surface area (Å²) in [5.74, 6) is 0.736. The van der Waals surface area contributed by atoms with Crippen LogP contribution in [-0.4, -0.2) is 18.0 Å². The topological polar surface area (TPSA) is 71.5 Å². The number of hydrogen-bond donors (Lipinski definition) is 2. The minimum absolute atomic E-state index is 0.211. The first-order valence-electron chi connectivity index (χ1n) is 5.55. The van der Waals surface area contributed by atoms with E-state index in [1.54, 1.807) is 43.6 Å². The number of rotatable bonds is 3. The summed E-state index contributed by atoms with van der Waals surface area (Å²) in [6.45, 7) is 0.418. The Morgan fingerprint density at radius 2 is 2.22 bits per heavy atom. The molecule has 94 valence electrons. The van der Waals surface area contributed by atoms with Crippen molar-refractivity contribution in [3.05, 3.63) is 48.4 Å². The predicted octanol–water partition coefficient (Wildman–Crippen LogP) is 2.53. The Kier molecular flexibility index (Phi) is 3.52. The summed E-state index contributed by atoms with van der Waals surface area (Å²) in [5.41, 5.74) is 6.93. The Bertz CT molecular complexity index is 523. The first kappa shape index (κ1) is 12.0. The molecule has 0 aliphatic carbocycles. The highest BCUT2D eigenvalue weighted by molar-refractivity contribution is 5.89. The number of nitrogens with two attached hydrogens (primary N) is 1. The van der Waals surface area contributed by atoms with Crippen molar-refractivity contribution in [3.63, 3.8) is 0 Å². The Hall–Kier alpha value is -2.43. The molecule has 1 heterocycles. The summed E-state index contributed by atoms with van der Waals surface area (Å²) in [7, 11) is 1.70. The molecular weight excluding hydrogens is 230 g/mol. The van der Waals surface area contributed by atoms with E-state index in [9.17, 15) is 4.79 Å². The normalized spacial score (nSPS) is 10.1. The van der Waals surface area contributed by atoms with Crippen molar-refractivity contribution in [2.75, 3.05) is 18.1 Å². The third kappa shape index (κ3) is 3.04. The van der Waals surface area contributed by atoms with Crippen molar-refractivity contribution in [2.24, 2.45) is 0 Å². The van der Waals surface area contributed by atoms with Crippen molar-refractivity contribution in [3.8, 4) is 0 Å². The molecule has 0 aliphatic heterocycles. The fraction of sp³-hybridized carbons (Fsp3) is 0.154. The van der Waals surface area contributed by atoms with Gasteiger partial charge in [0.25, 0.3) is 0 Å². The van der Waals surface area contributed by atoms with Gasteiger partial charge >= 0.3 is 6.03 Å². The van der Waals surface area contributed by atoms with Crippen LogP contribution in [0.1, 0.15) is 5.76 Å². The second-order valence-electron chi connectivity index (χ2n) is 3.99. The lowest BCUT2D eigenvalue weighted by molar-refractivity contribution is 0.217. The van der Waals surface area contributed by atoms with Crippen molar-refractivity contribution in [1.29, 1.82) is 0 Å². The first-order chi connectivity index (χ1) is 8.65. The summed E-state index contributed by atoms with van der Waals surface area (Å²) in [6.07, 6.45) is 1.58. The second-order valence-corrected chi connectivity index (χ2v) is 3.99. The quantitative estimate of drug-likeness (QED) is 0.816. The fourth-order valence-corrected chi connectivity index (χ4v) is 1.54. The maximum absolute atomic E-state index is 11.9. The molecule has 18 heavy (non-hydrogen) atoms. The van der Waals surface area contributed by atoms with Crippen LogP contribution < -0.4 is 11.1 Å². The van der Waals surface area contributed by atoms with Gasteiger partial charge in [-0.3, -0.25) is 0 Å². The van der Waals surface area contributed by atoms with Crippen LogP contribution in [0.4, 0.5) is 16.2 Å². The molecule has 1 aromatic heterocycles. The summed E-state index contributed by atoms with van der Waals surface area (Å²) in [6, 6.07) is 10.5. The number of hydrogen-bond acceptors (Lipinski definition) is 3. The summed E-state index contributed by atoms with van der Waals surface area (Å²) in [4.78, 5) is 13.4. The summed E-state index contributed by atoms with van der Waals surface area (Å²) in [5, 5.41) is 2.76. The molecule has 5 heteroatoms. The number of anilines is 2. The van der Waals surface area contributed by atoms with Crippen LogP contribution in [0.25, 0.3) is 0 Å². The van der Waals surface area contributed by atoms with Crippen molar-refractivity contribution in [2.45, 2.75) is 6.54 Å². The van der Waals surface area contributed by atoms with Gasteiger partial charge in [0, 0.05) is 18.4 Å². The van der Waals surface area contributed by atoms with Gasteiger partial charge in [0.2, 0.25) is 0 Å². The Balaban J connectivity index is 1.95. The number of amides is 2. The molecule has 2 amide bonds. The number of benzene rings is 1. The molecule has 5 nitrogen and oxygen atoms in total. The number of nitrogens with zero attached hydrogens (tertiary/aromatic N) is 1. The van der Waals surface area contributed by atoms with Crippen LogP contribution in [0.3, 0.4) is 0 Å². The molecule has 3 N–H and O–H groups in total. The van der Waals surface area contributed by atoms with Gasteiger partial charge in [0.15, 0.2) is 0 Å². The molecule has 0 bridgehead atoms. The van der Waals surface area contributed by atoms with Crippen LogP contribution in [0.15, 0.2) is 47.1 Å². The van der Waals surface area contributed by atoms with E-state index in [4.69, 9.17) is 10.2 Å².